The minimum absolute atomic E-state index is 0.0599. The van der Waals surface area contributed by atoms with Crippen molar-refractivity contribution in [3.63, 3.8) is 0 Å². The Kier molecular flexibility index (Phi) is 6.48. The van der Waals surface area contributed by atoms with E-state index in [1.165, 1.54) is 7.11 Å². The average molecular weight is 468 g/mol. The summed E-state index contributed by atoms with van der Waals surface area (Å²) < 4.78 is 16.8. The standard InChI is InChI=1S/C24H33BN4O5/c1-15-7-12-19(29(15)20(30)14-27-22(31)32-6)21-26-13-18(28-21)16-8-10-17(11-9-16)25-33-23(2,3)24(4,5)34-25/h8-11,13,15,19H,7,12,14H2,1-6H3,(H,26,28)(H,27,31). The smallest absolute Gasteiger partial charge is 0.453 e. The number of aromatic amines is 1. The molecule has 2 aromatic rings. The molecule has 2 fully saturated rings. The zero-order valence-corrected chi connectivity index (χ0v) is 20.7. The van der Waals surface area contributed by atoms with E-state index in [4.69, 9.17) is 14.3 Å². The number of nitrogens with one attached hydrogen (secondary N) is 2. The number of rotatable bonds is 5. The number of aromatic nitrogens is 2. The Morgan fingerprint density at radius 3 is 2.44 bits per heavy atom. The van der Waals surface area contributed by atoms with E-state index in [-0.39, 0.29) is 35.7 Å². The van der Waals surface area contributed by atoms with Gasteiger partial charge in [0, 0.05) is 17.8 Å². The molecule has 2 saturated heterocycles. The van der Waals surface area contributed by atoms with Crippen molar-refractivity contribution in [1.82, 2.24) is 20.2 Å². The molecule has 10 heteroatoms. The topological polar surface area (TPSA) is 106 Å². The fraction of sp³-hybridized carbons (Fsp3) is 0.542. The van der Waals surface area contributed by atoms with Crippen molar-refractivity contribution in [3.05, 3.63) is 36.3 Å². The summed E-state index contributed by atoms with van der Waals surface area (Å²) in [4.78, 5) is 34.0. The molecule has 0 spiro atoms. The Morgan fingerprint density at radius 1 is 1.18 bits per heavy atom. The van der Waals surface area contributed by atoms with Crippen LogP contribution >= 0.6 is 0 Å². The maximum absolute atomic E-state index is 12.8. The molecule has 2 atom stereocenters. The van der Waals surface area contributed by atoms with Gasteiger partial charge in [0.1, 0.15) is 12.4 Å². The normalized spacial score (nSPS) is 23.2. The third-order valence-corrected chi connectivity index (χ3v) is 7.17. The first-order valence-electron chi connectivity index (χ1n) is 11.7. The van der Waals surface area contributed by atoms with Gasteiger partial charge in [0.15, 0.2) is 0 Å². The lowest BCUT2D eigenvalue weighted by Crippen LogP contribution is -2.43. The molecule has 2 amide bonds. The maximum Gasteiger partial charge on any atom is 0.494 e. The summed E-state index contributed by atoms with van der Waals surface area (Å²) in [5, 5.41) is 2.47. The maximum atomic E-state index is 12.8. The van der Waals surface area contributed by atoms with Crippen LogP contribution in [0.1, 0.15) is 59.3 Å². The monoisotopic (exact) mass is 468 g/mol. The van der Waals surface area contributed by atoms with Crippen LogP contribution in [0.25, 0.3) is 11.3 Å². The quantitative estimate of drug-likeness (QED) is 0.654. The minimum atomic E-state index is -0.624. The highest BCUT2D eigenvalue weighted by atomic mass is 16.7. The van der Waals surface area contributed by atoms with E-state index < -0.39 is 13.2 Å². The average Bonchev–Trinajstić information content (AvgIpc) is 3.48. The first kappa shape index (κ1) is 24.3. The van der Waals surface area contributed by atoms with Crippen LogP contribution in [0.3, 0.4) is 0 Å². The second-order valence-electron chi connectivity index (χ2n) is 9.97. The largest absolute Gasteiger partial charge is 0.494 e. The number of carbonyl (C=O) groups excluding carboxylic acids is 2. The number of H-pyrrole nitrogens is 1. The van der Waals surface area contributed by atoms with E-state index in [1.807, 2.05) is 65.1 Å². The number of hydrogen-bond acceptors (Lipinski definition) is 6. The Morgan fingerprint density at radius 2 is 1.82 bits per heavy atom. The second kappa shape index (κ2) is 9.07. The van der Waals surface area contributed by atoms with Gasteiger partial charge in [-0.2, -0.15) is 0 Å². The number of methoxy groups -OCH3 is 1. The Bertz CT molecular complexity index is 1040. The molecule has 182 valence electrons. The highest BCUT2D eigenvalue weighted by Crippen LogP contribution is 2.37. The molecule has 34 heavy (non-hydrogen) atoms. The van der Waals surface area contributed by atoms with Crippen LogP contribution in [-0.4, -0.2) is 64.9 Å². The van der Waals surface area contributed by atoms with Gasteiger partial charge in [-0.25, -0.2) is 9.78 Å². The van der Waals surface area contributed by atoms with Crippen molar-refractivity contribution in [3.8, 4) is 11.3 Å². The van der Waals surface area contributed by atoms with Gasteiger partial charge in [0.25, 0.3) is 0 Å². The van der Waals surface area contributed by atoms with Gasteiger partial charge in [0.2, 0.25) is 5.91 Å². The molecule has 2 aliphatic rings. The van der Waals surface area contributed by atoms with Crippen molar-refractivity contribution < 1.29 is 23.6 Å². The number of hydrogen-bond donors (Lipinski definition) is 2. The molecule has 0 radical (unpaired) electrons. The van der Waals surface area contributed by atoms with Crippen molar-refractivity contribution in [1.29, 1.82) is 0 Å². The Balaban J connectivity index is 1.47. The third-order valence-electron chi connectivity index (χ3n) is 7.17. The highest BCUT2D eigenvalue weighted by molar-refractivity contribution is 6.62. The molecule has 1 aromatic heterocycles. The predicted octanol–water partition coefficient (Wildman–Crippen LogP) is 2.78. The first-order chi connectivity index (χ1) is 16.0. The summed E-state index contributed by atoms with van der Waals surface area (Å²) in [7, 11) is 0.861. The van der Waals surface area contributed by atoms with Gasteiger partial charge in [-0.15, -0.1) is 0 Å². The zero-order chi connectivity index (χ0) is 24.7. The molecule has 2 aliphatic heterocycles. The Hall–Kier alpha value is -2.85. The Labute approximate surface area is 200 Å². The van der Waals surface area contributed by atoms with Gasteiger partial charge in [-0.1, -0.05) is 24.3 Å². The summed E-state index contributed by atoms with van der Waals surface area (Å²) in [6, 6.07) is 7.89. The van der Waals surface area contributed by atoms with Crippen LogP contribution in [0.4, 0.5) is 4.79 Å². The fourth-order valence-corrected chi connectivity index (χ4v) is 4.43. The van der Waals surface area contributed by atoms with Crippen molar-refractivity contribution in [2.45, 2.75) is 70.7 Å². The fourth-order valence-electron chi connectivity index (χ4n) is 4.43. The molecule has 0 bridgehead atoms. The molecule has 2 unspecified atom stereocenters. The molecule has 0 aliphatic carbocycles. The van der Waals surface area contributed by atoms with E-state index in [9.17, 15) is 9.59 Å². The highest BCUT2D eigenvalue weighted by Gasteiger charge is 2.51. The number of likely N-dealkylation sites (tertiary alicyclic amines) is 1. The van der Waals surface area contributed by atoms with E-state index >= 15 is 0 Å². The summed E-state index contributed by atoms with van der Waals surface area (Å²) in [5.74, 6) is 0.575. The number of ether oxygens (including phenoxy) is 1. The lowest BCUT2D eigenvalue weighted by Gasteiger charge is -2.32. The molecular weight excluding hydrogens is 435 g/mol. The van der Waals surface area contributed by atoms with Crippen LogP contribution in [0.5, 0.6) is 0 Å². The van der Waals surface area contributed by atoms with E-state index in [1.54, 1.807) is 4.90 Å². The van der Waals surface area contributed by atoms with Crippen LogP contribution < -0.4 is 10.8 Å². The zero-order valence-electron chi connectivity index (χ0n) is 20.7. The molecule has 9 nitrogen and oxygen atoms in total. The van der Waals surface area contributed by atoms with E-state index in [2.05, 4.69) is 15.0 Å². The molecule has 3 heterocycles. The first-order valence-corrected chi connectivity index (χ1v) is 11.7. The van der Waals surface area contributed by atoms with Gasteiger partial charge in [0.05, 0.1) is 30.0 Å². The molecular formula is C24H33BN4O5. The lowest BCUT2D eigenvalue weighted by molar-refractivity contribution is -0.133. The van der Waals surface area contributed by atoms with Gasteiger partial charge >= 0.3 is 13.2 Å². The summed E-state index contributed by atoms with van der Waals surface area (Å²) in [5.41, 5.74) is 1.94. The van der Waals surface area contributed by atoms with Crippen molar-refractivity contribution in [2.24, 2.45) is 0 Å². The summed E-state index contributed by atoms with van der Waals surface area (Å²) in [6.45, 7) is 10.0. The second-order valence-corrected chi connectivity index (χ2v) is 9.97. The number of alkyl carbamates (subject to hydrolysis) is 1. The van der Waals surface area contributed by atoms with Gasteiger partial charge < -0.3 is 29.2 Å². The number of amides is 2. The summed E-state index contributed by atoms with van der Waals surface area (Å²) >= 11 is 0. The summed E-state index contributed by atoms with van der Waals surface area (Å²) in [6.07, 6.45) is 2.91. The van der Waals surface area contributed by atoms with Crippen LogP contribution in [-0.2, 0) is 18.8 Å². The molecule has 1 aromatic carbocycles. The van der Waals surface area contributed by atoms with E-state index in [0.717, 1.165) is 35.4 Å². The van der Waals surface area contributed by atoms with Gasteiger partial charge in [-0.3, -0.25) is 4.79 Å². The van der Waals surface area contributed by atoms with Gasteiger partial charge in [-0.05, 0) is 52.9 Å². The van der Waals surface area contributed by atoms with Crippen LogP contribution in [0.15, 0.2) is 30.5 Å². The number of benzene rings is 1. The predicted molar refractivity (Wildman–Crippen MR) is 128 cm³/mol. The van der Waals surface area contributed by atoms with E-state index in [0.29, 0.717) is 0 Å². The molecule has 0 saturated carbocycles. The minimum Gasteiger partial charge on any atom is -0.453 e. The van der Waals surface area contributed by atoms with Crippen LogP contribution in [0.2, 0.25) is 0 Å². The van der Waals surface area contributed by atoms with Crippen molar-refractivity contribution >= 4 is 24.6 Å². The molecule has 2 N–H and O–H groups in total. The van der Waals surface area contributed by atoms with Crippen molar-refractivity contribution in [2.75, 3.05) is 13.7 Å². The number of carbonyl (C=O) groups is 2. The SMILES string of the molecule is COC(=O)NCC(=O)N1C(C)CCC1c1nc(-c2ccc(B3OC(C)(C)C(C)(C)O3)cc2)c[nH]1. The third kappa shape index (κ3) is 4.56. The lowest BCUT2D eigenvalue weighted by atomic mass is 9.79. The number of nitrogens with zero attached hydrogens (tertiary/aromatic N) is 2. The number of imidazole rings is 1. The van der Waals surface area contributed by atoms with Crippen LogP contribution in [0, 0.1) is 0 Å². The molecule has 4 rings (SSSR count).